The van der Waals surface area contributed by atoms with Crippen LogP contribution in [0.15, 0.2) is 60.2 Å². The highest BCUT2D eigenvalue weighted by molar-refractivity contribution is 6.03. The molecule has 1 amide bonds. The molecule has 0 atom stereocenters. The van der Waals surface area contributed by atoms with Crippen LogP contribution in [0.3, 0.4) is 0 Å². The molecule has 3 aliphatic rings. The highest BCUT2D eigenvalue weighted by atomic mass is 16.2. The molecule has 1 fully saturated rings. The standard InChI is InChI=1S/C24H23NO/c1-17-20-8-4-2-7-19(20)16-21(17)23(26)25-14-12-24(13-15-25)11-10-18-6-3-5-9-22(18)24/h2-11H,12-16H2,1H3. The smallest absolute Gasteiger partial charge is 0.250 e. The molecule has 2 aromatic carbocycles. The molecule has 1 spiro atoms. The van der Waals surface area contributed by atoms with E-state index in [1.807, 2.05) is 0 Å². The summed E-state index contributed by atoms with van der Waals surface area (Å²) in [6, 6.07) is 17.1. The van der Waals surface area contributed by atoms with Gasteiger partial charge in [0.2, 0.25) is 5.91 Å². The monoisotopic (exact) mass is 341 g/mol. The Kier molecular flexibility index (Phi) is 3.43. The summed E-state index contributed by atoms with van der Waals surface area (Å²) in [5.41, 5.74) is 7.61. The van der Waals surface area contributed by atoms with Gasteiger partial charge in [0, 0.05) is 30.5 Å². The third-order valence-corrected chi connectivity index (χ3v) is 6.52. The number of hydrogen-bond donors (Lipinski definition) is 0. The van der Waals surface area contributed by atoms with Crippen molar-refractivity contribution >= 4 is 17.6 Å². The van der Waals surface area contributed by atoms with Crippen molar-refractivity contribution in [2.45, 2.75) is 31.6 Å². The first-order valence-corrected chi connectivity index (χ1v) is 9.54. The van der Waals surface area contributed by atoms with E-state index in [1.54, 1.807) is 0 Å². The lowest BCUT2D eigenvalue weighted by atomic mass is 9.74. The first-order valence-electron chi connectivity index (χ1n) is 9.54. The SMILES string of the molecule is CC1=C(C(=O)N2CCC3(C=Cc4ccccc43)CC2)Cc2ccccc21. The Hall–Kier alpha value is -2.61. The van der Waals surface area contributed by atoms with Crippen molar-refractivity contribution in [3.63, 3.8) is 0 Å². The van der Waals surface area contributed by atoms with Gasteiger partial charge in [-0.15, -0.1) is 0 Å². The molecule has 0 radical (unpaired) electrons. The molecule has 0 saturated carbocycles. The Morgan fingerprint density at radius 1 is 1.00 bits per heavy atom. The number of amides is 1. The molecule has 2 aliphatic carbocycles. The Bertz CT molecular complexity index is 958. The summed E-state index contributed by atoms with van der Waals surface area (Å²) >= 11 is 0. The third kappa shape index (κ3) is 2.21. The average molecular weight is 341 g/mol. The second-order valence-electron chi connectivity index (χ2n) is 7.81. The Labute approximate surface area is 154 Å². The lowest BCUT2D eigenvalue weighted by Crippen LogP contribution is -2.44. The van der Waals surface area contributed by atoms with E-state index in [2.05, 4.69) is 72.5 Å². The number of hydrogen-bond acceptors (Lipinski definition) is 1. The predicted octanol–water partition coefficient (Wildman–Crippen LogP) is 4.60. The maximum Gasteiger partial charge on any atom is 0.250 e. The number of carbonyl (C=O) groups excluding carboxylic acids is 1. The van der Waals surface area contributed by atoms with Crippen LogP contribution in [0.2, 0.25) is 0 Å². The number of rotatable bonds is 1. The van der Waals surface area contributed by atoms with Crippen LogP contribution >= 0.6 is 0 Å². The van der Waals surface area contributed by atoms with Gasteiger partial charge in [-0.2, -0.15) is 0 Å². The molecular formula is C24H23NO. The minimum Gasteiger partial charge on any atom is -0.339 e. The molecule has 0 N–H and O–H groups in total. The summed E-state index contributed by atoms with van der Waals surface area (Å²) in [6.45, 7) is 3.77. The summed E-state index contributed by atoms with van der Waals surface area (Å²) in [6.07, 6.45) is 7.45. The molecule has 1 aliphatic heterocycles. The van der Waals surface area contributed by atoms with Crippen molar-refractivity contribution in [2.24, 2.45) is 0 Å². The fraction of sp³-hybridized carbons (Fsp3) is 0.292. The summed E-state index contributed by atoms with van der Waals surface area (Å²) < 4.78 is 0. The van der Waals surface area contributed by atoms with E-state index in [-0.39, 0.29) is 11.3 Å². The molecule has 2 nitrogen and oxygen atoms in total. The summed E-state index contributed by atoms with van der Waals surface area (Å²) in [4.78, 5) is 15.3. The van der Waals surface area contributed by atoms with Gasteiger partial charge in [-0.25, -0.2) is 0 Å². The minimum atomic E-state index is 0.134. The number of piperidine rings is 1. The zero-order chi connectivity index (χ0) is 17.7. The van der Waals surface area contributed by atoms with Crippen molar-refractivity contribution in [2.75, 3.05) is 13.1 Å². The average Bonchev–Trinajstić information content (AvgIpc) is 3.21. The van der Waals surface area contributed by atoms with Crippen LogP contribution < -0.4 is 0 Å². The van der Waals surface area contributed by atoms with Crippen LogP contribution in [-0.4, -0.2) is 23.9 Å². The summed E-state index contributed by atoms with van der Waals surface area (Å²) in [5.74, 6) is 0.240. The van der Waals surface area contributed by atoms with E-state index in [4.69, 9.17) is 0 Å². The maximum absolute atomic E-state index is 13.2. The van der Waals surface area contributed by atoms with Crippen molar-refractivity contribution in [1.82, 2.24) is 4.90 Å². The number of benzene rings is 2. The van der Waals surface area contributed by atoms with Gasteiger partial charge in [0.15, 0.2) is 0 Å². The predicted molar refractivity (Wildman–Crippen MR) is 106 cm³/mol. The first kappa shape index (κ1) is 15.6. The second kappa shape index (κ2) is 5.70. The summed E-state index contributed by atoms with van der Waals surface area (Å²) in [7, 11) is 0. The van der Waals surface area contributed by atoms with Gasteiger partial charge in [-0.3, -0.25) is 4.79 Å². The minimum absolute atomic E-state index is 0.134. The van der Waals surface area contributed by atoms with Crippen LogP contribution in [0.5, 0.6) is 0 Å². The quantitative estimate of drug-likeness (QED) is 0.742. The van der Waals surface area contributed by atoms with Crippen LogP contribution in [0, 0.1) is 0 Å². The van der Waals surface area contributed by atoms with Crippen LogP contribution in [0.25, 0.3) is 11.6 Å². The first-order chi connectivity index (χ1) is 12.7. The fourth-order valence-corrected chi connectivity index (χ4v) is 4.93. The Morgan fingerprint density at radius 3 is 2.54 bits per heavy atom. The fourth-order valence-electron chi connectivity index (χ4n) is 4.93. The van der Waals surface area contributed by atoms with Crippen molar-refractivity contribution < 1.29 is 4.79 Å². The highest BCUT2D eigenvalue weighted by Gasteiger charge is 2.39. The van der Waals surface area contributed by atoms with Gasteiger partial charge in [0.05, 0.1) is 0 Å². The lowest BCUT2D eigenvalue weighted by Gasteiger charge is -2.39. The topological polar surface area (TPSA) is 20.3 Å². The molecule has 2 aromatic rings. The van der Waals surface area contributed by atoms with E-state index in [1.165, 1.54) is 22.3 Å². The lowest BCUT2D eigenvalue weighted by molar-refractivity contribution is -0.128. The molecule has 1 saturated heterocycles. The van der Waals surface area contributed by atoms with E-state index in [0.29, 0.717) is 0 Å². The number of likely N-dealkylation sites (tertiary alicyclic amines) is 1. The second-order valence-corrected chi connectivity index (χ2v) is 7.81. The molecular weight excluding hydrogens is 318 g/mol. The number of allylic oxidation sites excluding steroid dienone is 2. The number of carbonyl (C=O) groups is 1. The highest BCUT2D eigenvalue weighted by Crippen LogP contribution is 2.44. The molecule has 0 unspecified atom stereocenters. The number of fused-ring (bicyclic) bond motifs is 3. The van der Waals surface area contributed by atoms with Crippen LogP contribution in [0.1, 0.15) is 42.0 Å². The zero-order valence-electron chi connectivity index (χ0n) is 15.2. The molecule has 1 heterocycles. The molecule has 130 valence electrons. The molecule has 0 aromatic heterocycles. The zero-order valence-corrected chi connectivity index (χ0v) is 15.2. The number of nitrogens with zero attached hydrogens (tertiary/aromatic N) is 1. The van der Waals surface area contributed by atoms with Crippen LogP contribution in [-0.2, 0) is 16.6 Å². The molecule has 0 bridgehead atoms. The molecule has 5 rings (SSSR count). The van der Waals surface area contributed by atoms with Gasteiger partial charge in [0.25, 0.3) is 0 Å². The Morgan fingerprint density at radius 2 is 1.73 bits per heavy atom. The molecule has 26 heavy (non-hydrogen) atoms. The van der Waals surface area contributed by atoms with Crippen molar-refractivity contribution in [3.8, 4) is 0 Å². The van der Waals surface area contributed by atoms with E-state index < -0.39 is 0 Å². The van der Waals surface area contributed by atoms with Crippen LogP contribution in [0.4, 0.5) is 0 Å². The van der Waals surface area contributed by atoms with E-state index >= 15 is 0 Å². The van der Waals surface area contributed by atoms with Gasteiger partial charge < -0.3 is 4.90 Å². The molecule has 2 heteroatoms. The Balaban J connectivity index is 1.35. The maximum atomic E-state index is 13.2. The van der Waals surface area contributed by atoms with Gasteiger partial charge in [-0.1, -0.05) is 60.7 Å². The van der Waals surface area contributed by atoms with E-state index in [9.17, 15) is 4.79 Å². The summed E-state index contributed by atoms with van der Waals surface area (Å²) in [5, 5.41) is 0. The van der Waals surface area contributed by atoms with Crippen molar-refractivity contribution in [3.05, 3.63) is 82.4 Å². The van der Waals surface area contributed by atoms with Gasteiger partial charge in [0.1, 0.15) is 0 Å². The normalized spacial score (nSPS) is 19.8. The van der Waals surface area contributed by atoms with E-state index in [0.717, 1.165) is 43.5 Å². The third-order valence-electron chi connectivity index (χ3n) is 6.52. The largest absolute Gasteiger partial charge is 0.339 e. The van der Waals surface area contributed by atoms with Gasteiger partial charge >= 0.3 is 0 Å². The van der Waals surface area contributed by atoms with Crippen molar-refractivity contribution in [1.29, 1.82) is 0 Å². The van der Waals surface area contributed by atoms with Gasteiger partial charge in [-0.05, 0) is 47.6 Å².